The number of nitrogens with one attached hydrogen (secondary N) is 2. The highest BCUT2D eigenvalue weighted by atomic mass is 79.9. The van der Waals surface area contributed by atoms with Crippen LogP contribution in [0, 0.1) is 0 Å². The summed E-state index contributed by atoms with van der Waals surface area (Å²) >= 11 is 10.3. The molecule has 1 saturated carbocycles. The van der Waals surface area contributed by atoms with Crippen LogP contribution in [0.4, 0.5) is 0 Å². The largest absolute Gasteiger partial charge is 0.360 e. The lowest BCUT2D eigenvalue weighted by Gasteiger charge is -2.08. The standard InChI is InChI=1S/C9H11BrN2S2/c10-8-6(3-4-14-8)5-11-9(13)12-7-1-2-7/h3-4,7H,1-2,5H2,(H2,11,12,13). The molecule has 2 nitrogen and oxygen atoms in total. The molecule has 0 amide bonds. The first-order valence-electron chi connectivity index (χ1n) is 4.52. The van der Waals surface area contributed by atoms with Gasteiger partial charge in [-0.3, -0.25) is 0 Å². The predicted octanol–water partition coefficient (Wildman–Crippen LogP) is 2.64. The Morgan fingerprint density at radius 3 is 3.00 bits per heavy atom. The van der Waals surface area contributed by atoms with Gasteiger partial charge in [0.15, 0.2) is 5.11 Å². The zero-order valence-electron chi connectivity index (χ0n) is 7.55. The molecular weight excluding hydrogens is 280 g/mol. The fraction of sp³-hybridized carbons (Fsp3) is 0.444. The average Bonchev–Trinajstić information content (AvgIpc) is 2.86. The van der Waals surface area contributed by atoms with Crippen LogP contribution in [0.2, 0.25) is 0 Å². The van der Waals surface area contributed by atoms with Gasteiger partial charge in [-0.05, 0) is 58.0 Å². The van der Waals surface area contributed by atoms with Crippen molar-refractivity contribution in [3.05, 3.63) is 20.8 Å². The van der Waals surface area contributed by atoms with Crippen LogP contribution < -0.4 is 10.6 Å². The first kappa shape index (κ1) is 10.4. The maximum Gasteiger partial charge on any atom is 0.166 e. The van der Waals surface area contributed by atoms with Gasteiger partial charge in [0.05, 0.1) is 3.79 Å². The molecule has 0 aliphatic heterocycles. The third kappa shape index (κ3) is 2.93. The second kappa shape index (κ2) is 4.59. The van der Waals surface area contributed by atoms with E-state index in [-0.39, 0.29) is 0 Å². The zero-order valence-corrected chi connectivity index (χ0v) is 10.8. The van der Waals surface area contributed by atoms with Crippen molar-refractivity contribution in [2.24, 2.45) is 0 Å². The average molecular weight is 291 g/mol. The van der Waals surface area contributed by atoms with E-state index >= 15 is 0 Å². The Kier molecular flexibility index (Phi) is 3.41. The van der Waals surface area contributed by atoms with Gasteiger partial charge in [-0.2, -0.15) is 0 Å². The molecule has 0 atom stereocenters. The highest BCUT2D eigenvalue weighted by molar-refractivity contribution is 9.11. The number of rotatable bonds is 3. The van der Waals surface area contributed by atoms with Gasteiger partial charge >= 0.3 is 0 Å². The van der Waals surface area contributed by atoms with Crippen LogP contribution in [0.15, 0.2) is 15.2 Å². The minimum absolute atomic E-state index is 0.626. The molecule has 2 N–H and O–H groups in total. The molecule has 14 heavy (non-hydrogen) atoms. The van der Waals surface area contributed by atoms with Crippen LogP contribution in [-0.4, -0.2) is 11.2 Å². The Morgan fingerprint density at radius 2 is 2.43 bits per heavy atom. The van der Waals surface area contributed by atoms with Crippen LogP contribution in [0.3, 0.4) is 0 Å². The number of halogens is 1. The lowest BCUT2D eigenvalue weighted by molar-refractivity contribution is 0.829. The van der Waals surface area contributed by atoms with Gasteiger partial charge in [0.1, 0.15) is 0 Å². The van der Waals surface area contributed by atoms with E-state index in [0.717, 1.165) is 11.7 Å². The lowest BCUT2D eigenvalue weighted by atomic mass is 10.3. The van der Waals surface area contributed by atoms with E-state index in [4.69, 9.17) is 12.2 Å². The van der Waals surface area contributed by atoms with Crippen molar-refractivity contribution in [3.63, 3.8) is 0 Å². The molecule has 0 aromatic carbocycles. The third-order valence-corrected chi connectivity index (χ3v) is 4.12. The second-order valence-electron chi connectivity index (χ2n) is 3.32. The number of thiophene rings is 1. The third-order valence-electron chi connectivity index (χ3n) is 2.05. The fourth-order valence-corrected chi connectivity index (χ4v) is 2.56. The molecule has 1 aromatic heterocycles. The highest BCUT2D eigenvalue weighted by Gasteiger charge is 2.21. The molecule has 0 unspecified atom stereocenters. The summed E-state index contributed by atoms with van der Waals surface area (Å²) in [6.07, 6.45) is 2.51. The molecule has 2 rings (SSSR count). The molecule has 0 radical (unpaired) electrons. The van der Waals surface area contributed by atoms with Crippen molar-refractivity contribution >= 4 is 44.6 Å². The molecule has 0 bridgehead atoms. The van der Waals surface area contributed by atoms with Gasteiger partial charge in [-0.25, -0.2) is 0 Å². The summed E-state index contributed by atoms with van der Waals surface area (Å²) < 4.78 is 1.18. The summed E-state index contributed by atoms with van der Waals surface area (Å²) in [4.78, 5) is 0. The van der Waals surface area contributed by atoms with Gasteiger partial charge < -0.3 is 10.6 Å². The van der Waals surface area contributed by atoms with Crippen LogP contribution in [0.25, 0.3) is 0 Å². The quantitative estimate of drug-likeness (QED) is 0.837. The van der Waals surface area contributed by atoms with Gasteiger partial charge in [-0.1, -0.05) is 0 Å². The Morgan fingerprint density at radius 1 is 1.64 bits per heavy atom. The SMILES string of the molecule is S=C(NCc1ccsc1Br)NC1CC1. The fourth-order valence-electron chi connectivity index (χ4n) is 1.09. The minimum atomic E-state index is 0.626. The van der Waals surface area contributed by atoms with Crippen molar-refractivity contribution in [2.75, 3.05) is 0 Å². The van der Waals surface area contributed by atoms with Crippen LogP contribution >= 0.6 is 39.5 Å². The second-order valence-corrected chi connectivity index (χ2v) is 5.96. The Bertz CT molecular complexity index is 333. The topological polar surface area (TPSA) is 24.1 Å². The Hall–Kier alpha value is -0.130. The van der Waals surface area contributed by atoms with E-state index in [2.05, 4.69) is 38.0 Å². The summed E-state index contributed by atoms with van der Waals surface area (Å²) in [6, 6.07) is 2.72. The van der Waals surface area contributed by atoms with E-state index < -0.39 is 0 Å². The molecule has 0 saturated heterocycles. The highest BCUT2D eigenvalue weighted by Crippen LogP contribution is 2.23. The Labute approximate surface area is 101 Å². The van der Waals surface area contributed by atoms with Crippen LogP contribution in [0.5, 0.6) is 0 Å². The van der Waals surface area contributed by atoms with Crippen molar-refractivity contribution in [1.29, 1.82) is 0 Å². The van der Waals surface area contributed by atoms with Crippen LogP contribution in [-0.2, 0) is 6.54 Å². The molecule has 1 aliphatic carbocycles. The predicted molar refractivity (Wildman–Crippen MR) is 67.6 cm³/mol. The molecular formula is C9H11BrN2S2. The first-order chi connectivity index (χ1) is 6.75. The smallest absolute Gasteiger partial charge is 0.166 e. The van der Waals surface area contributed by atoms with Crippen molar-refractivity contribution in [1.82, 2.24) is 10.6 Å². The molecule has 1 aliphatic rings. The summed E-state index contributed by atoms with van der Waals surface area (Å²) in [5, 5.41) is 9.28. The Balaban J connectivity index is 1.76. The van der Waals surface area contributed by atoms with E-state index in [1.54, 1.807) is 11.3 Å². The maximum atomic E-state index is 5.15. The first-order valence-corrected chi connectivity index (χ1v) is 6.60. The maximum absolute atomic E-state index is 5.15. The molecule has 1 aromatic rings. The van der Waals surface area contributed by atoms with E-state index in [1.165, 1.54) is 22.2 Å². The van der Waals surface area contributed by atoms with Crippen LogP contribution in [0.1, 0.15) is 18.4 Å². The summed E-state index contributed by atoms with van der Waals surface area (Å²) in [6.45, 7) is 0.794. The minimum Gasteiger partial charge on any atom is -0.360 e. The van der Waals surface area contributed by atoms with E-state index in [9.17, 15) is 0 Å². The van der Waals surface area contributed by atoms with Crippen molar-refractivity contribution in [3.8, 4) is 0 Å². The summed E-state index contributed by atoms with van der Waals surface area (Å²) in [5.41, 5.74) is 1.26. The van der Waals surface area contributed by atoms with Gasteiger partial charge in [0, 0.05) is 12.6 Å². The molecule has 5 heteroatoms. The molecule has 0 spiro atoms. The van der Waals surface area contributed by atoms with Crippen molar-refractivity contribution in [2.45, 2.75) is 25.4 Å². The summed E-state index contributed by atoms with van der Waals surface area (Å²) in [5.74, 6) is 0. The number of thiocarbonyl (C=S) groups is 1. The molecule has 76 valence electrons. The van der Waals surface area contributed by atoms with E-state index in [0.29, 0.717) is 6.04 Å². The summed E-state index contributed by atoms with van der Waals surface area (Å²) in [7, 11) is 0. The molecule has 1 fully saturated rings. The molecule has 1 heterocycles. The van der Waals surface area contributed by atoms with Crippen molar-refractivity contribution < 1.29 is 0 Å². The lowest BCUT2D eigenvalue weighted by Crippen LogP contribution is -2.35. The van der Waals surface area contributed by atoms with Gasteiger partial charge in [0.2, 0.25) is 0 Å². The van der Waals surface area contributed by atoms with Gasteiger partial charge in [0.25, 0.3) is 0 Å². The normalized spacial score (nSPS) is 15.2. The van der Waals surface area contributed by atoms with E-state index in [1.807, 2.05) is 0 Å². The van der Waals surface area contributed by atoms with Gasteiger partial charge in [-0.15, -0.1) is 11.3 Å². The number of hydrogen-bond donors (Lipinski definition) is 2. The monoisotopic (exact) mass is 290 g/mol. The number of hydrogen-bond acceptors (Lipinski definition) is 2. The zero-order chi connectivity index (χ0) is 9.97.